The number of carbonyl (C=O) groups excluding carboxylic acids is 2. The van der Waals surface area contributed by atoms with Crippen LogP contribution in [0.25, 0.3) is 0 Å². The Bertz CT molecular complexity index is 1290. The van der Waals surface area contributed by atoms with Gasteiger partial charge in [0.2, 0.25) is 0 Å². The number of amides is 1. The fraction of sp³-hybridized carbons (Fsp3) is 0.607. The van der Waals surface area contributed by atoms with Crippen molar-refractivity contribution in [2.45, 2.75) is 71.5 Å². The maximum Gasteiger partial charge on any atom is 0.433 e. The van der Waals surface area contributed by atoms with Crippen LogP contribution in [0.2, 0.25) is 10.0 Å². The summed E-state index contributed by atoms with van der Waals surface area (Å²) in [7, 11) is 0. The lowest BCUT2D eigenvalue weighted by Gasteiger charge is -2.45. The van der Waals surface area contributed by atoms with E-state index in [1.165, 1.54) is 12.4 Å². The van der Waals surface area contributed by atoms with E-state index in [1.807, 2.05) is 0 Å². The van der Waals surface area contributed by atoms with Crippen LogP contribution in [0.4, 0.5) is 13.2 Å². The van der Waals surface area contributed by atoms with Gasteiger partial charge in [-0.1, -0.05) is 44.0 Å². The number of pyridine rings is 1. The number of rotatable bonds is 8. The summed E-state index contributed by atoms with van der Waals surface area (Å²) >= 11 is 12.3. The van der Waals surface area contributed by atoms with E-state index in [2.05, 4.69) is 30.9 Å². The van der Waals surface area contributed by atoms with Crippen LogP contribution in [0, 0.1) is 23.2 Å². The second-order valence-electron chi connectivity index (χ2n) is 12.2. The van der Waals surface area contributed by atoms with E-state index in [0.717, 1.165) is 28.6 Å². The maximum atomic E-state index is 14.4. The topological polar surface area (TPSA) is 105 Å². The normalized spacial score (nSPS) is 23.1. The largest absolute Gasteiger partial charge is 0.481 e. The van der Waals surface area contributed by atoms with Crippen LogP contribution < -0.4 is 0 Å². The number of carboxylic acids is 1. The van der Waals surface area contributed by atoms with Crippen molar-refractivity contribution in [3.8, 4) is 0 Å². The summed E-state index contributed by atoms with van der Waals surface area (Å²) in [5.74, 6) is -2.78. The molecule has 0 radical (unpaired) electrons. The Morgan fingerprint density at radius 1 is 1.02 bits per heavy atom. The van der Waals surface area contributed by atoms with Crippen LogP contribution in [-0.2, 0) is 11.0 Å². The van der Waals surface area contributed by atoms with E-state index in [4.69, 9.17) is 23.2 Å². The molecule has 2 aliphatic rings. The van der Waals surface area contributed by atoms with Crippen molar-refractivity contribution in [1.82, 2.24) is 19.7 Å². The number of aliphatic carboxylic acids is 1. The minimum Gasteiger partial charge on any atom is -0.481 e. The average Bonchev–Trinajstić information content (AvgIpc) is 3.30. The van der Waals surface area contributed by atoms with E-state index < -0.39 is 53.6 Å². The van der Waals surface area contributed by atoms with Gasteiger partial charge in [-0.2, -0.15) is 18.3 Å². The second kappa shape index (κ2) is 11.9. The predicted octanol–water partition coefficient (Wildman–Crippen LogP) is 6.82. The number of alkyl halides is 3. The van der Waals surface area contributed by atoms with Crippen molar-refractivity contribution in [1.29, 1.82) is 0 Å². The van der Waals surface area contributed by atoms with Crippen molar-refractivity contribution in [3.63, 3.8) is 0 Å². The summed E-state index contributed by atoms with van der Waals surface area (Å²) in [5.41, 5.74) is -1.85. The quantitative estimate of drug-likeness (QED) is 0.326. The molecular weight excluding hydrogens is 584 g/mol. The number of hydrogen-bond acceptors (Lipinski definition) is 5. The number of nitrogens with zero attached hydrogens (tertiary/aromatic N) is 4. The predicted molar refractivity (Wildman–Crippen MR) is 146 cm³/mol. The highest BCUT2D eigenvalue weighted by atomic mass is 35.5. The molecule has 1 N–H and O–H groups in total. The number of Topliss-reactive ketones (excluding diaryl/α,β-unsaturated/α-hetero) is 1. The number of hydrogen-bond donors (Lipinski definition) is 1. The van der Waals surface area contributed by atoms with Crippen molar-refractivity contribution >= 4 is 40.9 Å². The molecular formula is C28H33Cl2F3N4O4. The Morgan fingerprint density at radius 2 is 1.61 bits per heavy atom. The van der Waals surface area contributed by atoms with Gasteiger partial charge in [0.25, 0.3) is 5.91 Å². The lowest BCUT2D eigenvalue weighted by molar-refractivity contribution is -0.147. The third-order valence-corrected chi connectivity index (χ3v) is 8.95. The van der Waals surface area contributed by atoms with Gasteiger partial charge in [0.05, 0.1) is 45.9 Å². The fourth-order valence-corrected chi connectivity index (χ4v) is 6.44. The van der Waals surface area contributed by atoms with E-state index in [0.29, 0.717) is 5.92 Å². The molecule has 8 nitrogen and oxygen atoms in total. The van der Waals surface area contributed by atoms with Crippen LogP contribution in [0.15, 0.2) is 18.6 Å². The molecule has 2 aliphatic carbocycles. The molecule has 2 saturated carbocycles. The first-order chi connectivity index (χ1) is 19.1. The summed E-state index contributed by atoms with van der Waals surface area (Å²) in [4.78, 5) is 43.4. The van der Waals surface area contributed by atoms with Crippen LogP contribution in [0.3, 0.4) is 0 Å². The SMILES string of the molecule is CC(C)(C)[C@H]1C[C@H](CN(CC(=O)c2c(Cl)cncc2Cl)C(=O)c2cnn([C@H]3CC[C@H](C(=O)O)CC3)c2C(F)(F)F)C1. The van der Waals surface area contributed by atoms with Gasteiger partial charge in [-0.15, -0.1) is 0 Å². The van der Waals surface area contributed by atoms with E-state index in [9.17, 15) is 32.7 Å². The molecule has 0 aliphatic heterocycles. The van der Waals surface area contributed by atoms with E-state index >= 15 is 0 Å². The summed E-state index contributed by atoms with van der Waals surface area (Å²) in [5, 5.41) is 13.2. The summed E-state index contributed by atoms with van der Waals surface area (Å²) in [6.45, 7) is 5.90. The Balaban J connectivity index is 1.64. The van der Waals surface area contributed by atoms with Gasteiger partial charge in [-0.3, -0.25) is 24.0 Å². The lowest BCUT2D eigenvalue weighted by Crippen LogP contribution is -2.45. The molecule has 41 heavy (non-hydrogen) atoms. The minimum absolute atomic E-state index is 0.00929. The Morgan fingerprint density at radius 3 is 2.12 bits per heavy atom. The summed E-state index contributed by atoms with van der Waals surface area (Å²) < 4.78 is 44.1. The lowest BCUT2D eigenvalue weighted by atomic mass is 9.63. The molecule has 0 spiro atoms. The molecule has 2 heterocycles. The second-order valence-corrected chi connectivity index (χ2v) is 13.0. The van der Waals surface area contributed by atoms with Gasteiger partial charge in [0.1, 0.15) is 0 Å². The highest BCUT2D eigenvalue weighted by Crippen LogP contribution is 2.46. The Hall–Kier alpha value is -2.66. The highest BCUT2D eigenvalue weighted by Gasteiger charge is 2.44. The van der Waals surface area contributed by atoms with Crippen molar-refractivity contribution in [2.24, 2.45) is 23.2 Å². The monoisotopic (exact) mass is 616 g/mol. The first-order valence-corrected chi connectivity index (χ1v) is 14.3. The highest BCUT2D eigenvalue weighted by molar-refractivity contribution is 6.39. The van der Waals surface area contributed by atoms with Gasteiger partial charge < -0.3 is 10.0 Å². The number of aromatic nitrogens is 3. The Kier molecular flexibility index (Phi) is 9.09. The third kappa shape index (κ3) is 6.88. The van der Waals surface area contributed by atoms with Crippen molar-refractivity contribution in [3.05, 3.63) is 45.5 Å². The number of ketones is 1. The summed E-state index contributed by atoms with van der Waals surface area (Å²) in [6, 6.07) is -0.701. The van der Waals surface area contributed by atoms with Gasteiger partial charge in [0, 0.05) is 18.9 Å². The van der Waals surface area contributed by atoms with Crippen LogP contribution >= 0.6 is 23.2 Å². The van der Waals surface area contributed by atoms with E-state index in [-0.39, 0.29) is 59.2 Å². The number of carboxylic acid groups (broad SMARTS) is 1. The van der Waals surface area contributed by atoms with Crippen molar-refractivity contribution < 1.29 is 32.7 Å². The number of carbonyl (C=O) groups is 3. The van der Waals surface area contributed by atoms with Crippen LogP contribution in [-0.4, -0.2) is 55.5 Å². The average molecular weight is 617 g/mol. The van der Waals surface area contributed by atoms with Crippen molar-refractivity contribution in [2.75, 3.05) is 13.1 Å². The molecule has 2 aromatic heterocycles. The van der Waals surface area contributed by atoms with Crippen LogP contribution in [0.1, 0.15) is 91.7 Å². The van der Waals surface area contributed by atoms with Gasteiger partial charge in [-0.25, -0.2) is 0 Å². The molecule has 13 heteroatoms. The molecule has 0 bridgehead atoms. The summed E-state index contributed by atoms with van der Waals surface area (Å²) in [6.07, 6.45) is 0.807. The standard InChI is InChI=1S/C28H33Cl2F3N4O4/c1-27(2,3)17-8-15(9-17)13-36(14-22(38)23-20(29)11-34-12-21(23)30)25(39)19-10-35-37(24(19)28(31,32)33)18-6-4-16(5-7-18)26(40)41/h10-12,15-18H,4-9,13-14H2,1-3H3,(H,40,41)/t15-,16-,17-,18-. The zero-order valence-corrected chi connectivity index (χ0v) is 24.6. The molecule has 2 aromatic rings. The fourth-order valence-electron chi connectivity index (χ4n) is 5.87. The first kappa shape index (κ1) is 31.3. The number of halogens is 5. The molecule has 0 saturated heterocycles. The Labute approximate surface area is 246 Å². The molecule has 0 unspecified atom stereocenters. The molecule has 2 fully saturated rings. The smallest absolute Gasteiger partial charge is 0.433 e. The molecule has 1 amide bonds. The third-order valence-electron chi connectivity index (χ3n) is 8.38. The zero-order valence-electron chi connectivity index (χ0n) is 23.0. The molecule has 224 valence electrons. The molecule has 0 atom stereocenters. The van der Waals surface area contributed by atoms with E-state index in [1.54, 1.807) is 0 Å². The molecule has 0 aromatic carbocycles. The van der Waals surface area contributed by atoms with Gasteiger partial charge in [-0.05, 0) is 55.8 Å². The van der Waals surface area contributed by atoms with Gasteiger partial charge >= 0.3 is 12.1 Å². The van der Waals surface area contributed by atoms with Crippen LogP contribution in [0.5, 0.6) is 0 Å². The molecule has 4 rings (SSSR count). The first-order valence-electron chi connectivity index (χ1n) is 13.6. The zero-order chi connectivity index (χ0) is 30.3. The van der Waals surface area contributed by atoms with Gasteiger partial charge in [0.15, 0.2) is 11.5 Å². The maximum absolute atomic E-state index is 14.4. The minimum atomic E-state index is -4.91.